The number of rotatable bonds is 8. The van der Waals surface area contributed by atoms with Gasteiger partial charge < -0.3 is 10.2 Å². The van der Waals surface area contributed by atoms with Crippen molar-refractivity contribution >= 4 is 28.6 Å². The normalized spacial score (nSPS) is 14.2. The standard InChI is InChI=1S/C31H31F6IO3/c1-5-28(22(4)38,25-14-12-23(20(2)18-25)10-8-6-7-9-11-27(39)40)26-15-13-24(21(3)19-26)16-17-29(41,30(32,33)34)31(35,36)37/h12-15,18-19,22,41H,5-7,9,11H2,1-4H3,(H,39,40). The van der Waals surface area contributed by atoms with Gasteiger partial charge in [0, 0.05) is 33.3 Å². The molecule has 0 aliphatic heterocycles. The Bertz CT molecular complexity index is 1360. The summed E-state index contributed by atoms with van der Waals surface area (Å²) in [7, 11) is 0. The third-order valence-electron chi connectivity index (χ3n) is 7.08. The second-order valence-corrected chi connectivity index (χ2v) is 11.7. The summed E-state index contributed by atoms with van der Waals surface area (Å²) in [4.78, 5) is 10.6. The van der Waals surface area contributed by atoms with Crippen molar-refractivity contribution in [3.8, 4) is 23.7 Å². The molecule has 0 heterocycles. The lowest BCUT2D eigenvalue weighted by molar-refractivity contribution is -0.343. The Hall–Kier alpha value is -2.70. The molecule has 41 heavy (non-hydrogen) atoms. The van der Waals surface area contributed by atoms with Gasteiger partial charge in [0.15, 0.2) is 0 Å². The zero-order valence-electron chi connectivity index (χ0n) is 23.0. The van der Waals surface area contributed by atoms with Gasteiger partial charge in [-0.05, 0) is 73.4 Å². The maximum atomic E-state index is 13.1. The molecule has 0 saturated carbocycles. The second-order valence-electron chi connectivity index (χ2n) is 9.86. The average molecular weight is 692 g/mol. The first-order valence-electron chi connectivity index (χ1n) is 12.9. The molecule has 0 spiro atoms. The highest BCUT2D eigenvalue weighted by molar-refractivity contribution is 14.1. The van der Waals surface area contributed by atoms with E-state index >= 15 is 0 Å². The van der Waals surface area contributed by atoms with E-state index in [-0.39, 0.29) is 15.9 Å². The molecule has 0 radical (unpaired) electrons. The SMILES string of the molecule is CCC(c1ccc(C#CCCCCC(=O)O)c(C)c1)(c1ccc(C#CC(O)(C(F)(F)F)C(F)(F)F)c(C)c1)C(C)I. The van der Waals surface area contributed by atoms with Gasteiger partial charge >= 0.3 is 23.9 Å². The number of benzene rings is 2. The predicted octanol–water partition coefficient (Wildman–Crippen LogP) is 8.03. The Balaban J connectivity index is 2.48. The van der Waals surface area contributed by atoms with Gasteiger partial charge in [0.1, 0.15) is 0 Å². The average Bonchev–Trinajstić information content (AvgIpc) is 2.85. The van der Waals surface area contributed by atoms with E-state index in [4.69, 9.17) is 5.11 Å². The molecule has 2 atom stereocenters. The highest BCUT2D eigenvalue weighted by Gasteiger charge is 2.70. The quantitative estimate of drug-likeness (QED) is 0.0969. The Morgan fingerprint density at radius 3 is 1.78 bits per heavy atom. The van der Waals surface area contributed by atoms with Crippen molar-refractivity contribution < 1.29 is 41.4 Å². The molecule has 2 aromatic rings. The fourth-order valence-electron chi connectivity index (χ4n) is 4.59. The number of hydrogen-bond acceptors (Lipinski definition) is 2. The van der Waals surface area contributed by atoms with E-state index in [1.54, 1.807) is 19.1 Å². The van der Waals surface area contributed by atoms with Crippen molar-refractivity contribution in [3.05, 3.63) is 69.8 Å². The van der Waals surface area contributed by atoms with Crippen LogP contribution >= 0.6 is 22.6 Å². The van der Waals surface area contributed by atoms with Crippen molar-refractivity contribution in [2.24, 2.45) is 0 Å². The Morgan fingerprint density at radius 1 is 0.902 bits per heavy atom. The maximum Gasteiger partial charge on any atom is 0.438 e. The summed E-state index contributed by atoms with van der Waals surface area (Å²) in [6.45, 7) is 7.51. The molecule has 2 rings (SSSR count). The molecule has 0 aliphatic carbocycles. The van der Waals surface area contributed by atoms with Gasteiger partial charge in [0.25, 0.3) is 0 Å². The van der Waals surface area contributed by atoms with Gasteiger partial charge in [0.05, 0.1) is 0 Å². The van der Waals surface area contributed by atoms with Crippen molar-refractivity contribution in [2.45, 2.75) is 87.1 Å². The molecule has 0 fully saturated rings. The molecule has 0 saturated heterocycles. The number of aryl methyl sites for hydroxylation is 2. The summed E-state index contributed by atoms with van der Waals surface area (Å²) < 4.78 is 78.3. The second kappa shape index (κ2) is 13.5. The zero-order chi connectivity index (χ0) is 31.2. The molecule has 10 heteroatoms. The van der Waals surface area contributed by atoms with Gasteiger partial charge in [-0.25, -0.2) is 0 Å². The van der Waals surface area contributed by atoms with Crippen LogP contribution in [0.5, 0.6) is 0 Å². The van der Waals surface area contributed by atoms with Crippen LogP contribution in [-0.2, 0) is 10.2 Å². The smallest absolute Gasteiger partial charge is 0.438 e. The minimum absolute atomic E-state index is 0.0348. The van der Waals surface area contributed by atoms with Crippen molar-refractivity contribution in [1.29, 1.82) is 0 Å². The molecule has 0 bridgehead atoms. The molecule has 2 N–H and O–H groups in total. The number of aliphatic hydroxyl groups is 1. The summed E-state index contributed by atoms with van der Waals surface area (Å²) in [6.07, 6.45) is -9.45. The van der Waals surface area contributed by atoms with Crippen LogP contribution in [0.1, 0.15) is 79.3 Å². The van der Waals surface area contributed by atoms with Crippen molar-refractivity contribution in [2.75, 3.05) is 0 Å². The van der Waals surface area contributed by atoms with E-state index in [9.17, 15) is 36.2 Å². The third kappa shape index (κ3) is 7.78. The third-order valence-corrected chi connectivity index (χ3v) is 8.15. The van der Waals surface area contributed by atoms with E-state index in [0.29, 0.717) is 31.2 Å². The first-order valence-corrected chi connectivity index (χ1v) is 14.1. The van der Waals surface area contributed by atoms with Crippen molar-refractivity contribution in [1.82, 2.24) is 0 Å². The van der Waals surface area contributed by atoms with Crippen molar-refractivity contribution in [3.63, 3.8) is 0 Å². The number of hydrogen-bond donors (Lipinski definition) is 2. The number of aliphatic carboxylic acids is 1. The largest absolute Gasteiger partial charge is 0.481 e. The van der Waals surface area contributed by atoms with Gasteiger partial charge in [-0.2, -0.15) is 26.3 Å². The highest BCUT2D eigenvalue weighted by Crippen LogP contribution is 2.44. The molecule has 2 aromatic carbocycles. The molecule has 2 unspecified atom stereocenters. The van der Waals surface area contributed by atoms with E-state index < -0.39 is 29.3 Å². The number of halogens is 7. The minimum Gasteiger partial charge on any atom is -0.481 e. The zero-order valence-corrected chi connectivity index (χ0v) is 25.2. The van der Waals surface area contributed by atoms with Crippen LogP contribution in [0.4, 0.5) is 26.3 Å². The molecule has 222 valence electrons. The monoisotopic (exact) mass is 692 g/mol. The summed E-state index contributed by atoms with van der Waals surface area (Å²) in [5.74, 6) is 8.31. The fourth-order valence-corrected chi connectivity index (χ4v) is 5.75. The maximum absolute atomic E-state index is 13.1. The Labute approximate surface area is 249 Å². The van der Waals surface area contributed by atoms with Gasteiger partial charge in [-0.1, -0.05) is 78.5 Å². The molecular weight excluding hydrogens is 661 g/mol. The number of carboxylic acid groups (broad SMARTS) is 1. The first-order chi connectivity index (χ1) is 18.9. The van der Waals surface area contributed by atoms with Gasteiger partial charge in [-0.15, -0.1) is 0 Å². The first kappa shape index (κ1) is 34.5. The minimum atomic E-state index is -6.02. The van der Waals surface area contributed by atoms with E-state index in [2.05, 4.69) is 34.4 Å². The van der Waals surface area contributed by atoms with Gasteiger partial charge in [0.2, 0.25) is 0 Å². The molecule has 3 nitrogen and oxygen atoms in total. The van der Waals surface area contributed by atoms with Crippen LogP contribution in [0, 0.1) is 37.5 Å². The highest BCUT2D eigenvalue weighted by atomic mass is 127. The molecule has 0 amide bonds. The number of carboxylic acids is 1. The predicted molar refractivity (Wildman–Crippen MR) is 154 cm³/mol. The lowest BCUT2D eigenvalue weighted by atomic mass is 9.69. The van der Waals surface area contributed by atoms with Crippen LogP contribution < -0.4 is 0 Å². The molecular formula is C31H31F6IO3. The van der Waals surface area contributed by atoms with E-state index in [0.717, 1.165) is 28.2 Å². The van der Waals surface area contributed by atoms with Crippen LogP contribution in [-0.4, -0.2) is 38.1 Å². The number of carbonyl (C=O) groups is 1. The summed E-state index contributed by atoms with van der Waals surface area (Å²) in [6, 6.07) is 10.7. The molecule has 0 aromatic heterocycles. The number of alkyl halides is 7. The van der Waals surface area contributed by atoms with Crippen LogP contribution in [0.25, 0.3) is 0 Å². The van der Waals surface area contributed by atoms with E-state index in [1.807, 2.05) is 44.9 Å². The van der Waals surface area contributed by atoms with Gasteiger partial charge in [-0.3, -0.25) is 4.79 Å². The van der Waals surface area contributed by atoms with E-state index in [1.165, 1.54) is 6.07 Å². The number of unbranched alkanes of at least 4 members (excludes halogenated alkanes) is 2. The van der Waals surface area contributed by atoms with Crippen LogP contribution in [0.3, 0.4) is 0 Å². The summed E-state index contributed by atoms with van der Waals surface area (Å²) in [5.41, 5.74) is -1.79. The Morgan fingerprint density at radius 2 is 1.39 bits per heavy atom. The van der Waals surface area contributed by atoms with Crippen LogP contribution in [0.2, 0.25) is 0 Å². The summed E-state index contributed by atoms with van der Waals surface area (Å²) >= 11 is 2.31. The lowest BCUT2D eigenvalue weighted by Crippen LogP contribution is -2.55. The fraction of sp³-hybridized carbons (Fsp3) is 0.452. The topological polar surface area (TPSA) is 57.5 Å². The lowest BCUT2D eigenvalue weighted by Gasteiger charge is -2.38. The van der Waals surface area contributed by atoms with Crippen LogP contribution in [0.15, 0.2) is 36.4 Å². The molecule has 0 aliphatic rings. The Kier molecular flexibility index (Phi) is 11.4. The summed E-state index contributed by atoms with van der Waals surface area (Å²) in [5, 5.41) is 18.1.